The average Bonchev–Trinajstić information content (AvgIpc) is 2.52. The lowest BCUT2D eigenvalue weighted by Gasteiger charge is -2.06. The zero-order valence-electron chi connectivity index (χ0n) is 14.1. The van der Waals surface area contributed by atoms with Crippen molar-refractivity contribution in [3.63, 3.8) is 0 Å². The summed E-state index contributed by atoms with van der Waals surface area (Å²) in [4.78, 5) is 11.9. The third-order valence-corrected chi connectivity index (χ3v) is 3.60. The van der Waals surface area contributed by atoms with Crippen LogP contribution < -0.4 is 5.32 Å². The first-order valence-corrected chi connectivity index (χ1v) is 8.61. The Morgan fingerprint density at radius 2 is 1.82 bits per heavy atom. The molecular formula is C20H29NO. The zero-order chi connectivity index (χ0) is 16.0. The summed E-state index contributed by atoms with van der Waals surface area (Å²) in [5.41, 5.74) is 2.01. The van der Waals surface area contributed by atoms with Gasteiger partial charge in [0.1, 0.15) is 0 Å². The van der Waals surface area contributed by atoms with E-state index in [1.54, 1.807) is 0 Å². The van der Waals surface area contributed by atoms with Gasteiger partial charge in [0.2, 0.25) is 5.91 Å². The van der Waals surface area contributed by atoms with Crippen LogP contribution in [0.15, 0.2) is 24.3 Å². The second kappa shape index (κ2) is 11.9. The van der Waals surface area contributed by atoms with Crippen LogP contribution in [-0.4, -0.2) is 12.5 Å². The van der Waals surface area contributed by atoms with Gasteiger partial charge in [0.25, 0.3) is 0 Å². The molecule has 0 aliphatic heterocycles. The average molecular weight is 299 g/mol. The van der Waals surface area contributed by atoms with E-state index in [4.69, 9.17) is 0 Å². The van der Waals surface area contributed by atoms with Crippen LogP contribution in [-0.2, 0) is 11.2 Å². The summed E-state index contributed by atoms with van der Waals surface area (Å²) in [6.45, 7) is 5.10. The van der Waals surface area contributed by atoms with Crippen molar-refractivity contribution in [1.82, 2.24) is 5.32 Å². The zero-order valence-corrected chi connectivity index (χ0v) is 14.1. The fourth-order valence-electron chi connectivity index (χ4n) is 2.23. The fourth-order valence-corrected chi connectivity index (χ4v) is 2.23. The third kappa shape index (κ3) is 7.88. The summed E-state index contributed by atoms with van der Waals surface area (Å²) >= 11 is 0. The van der Waals surface area contributed by atoms with Gasteiger partial charge < -0.3 is 5.32 Å². The molecule has 0 fully saturated rings. The van der Waals surface area contributed by atoms with E-state index in [2.05, 4.69) is 31.0 Å². The van der Waals surface area contributed by atoms with E-state index in [9.17, 15) is 4.79 Å². The molecule has 1 aromatic rings. The van der Waals surface area contributed by atoms with Gasteiger partial charge >= 0.3 is 0 Å². The molecule has 2 heteroatoms. The van der Waals surface area contributed by atoms with Crippen molar-refractivity contribution in [3.8, 4) is 11.8 Å². The van der Waals surface area contributed by atoms with Gasteiger partial charge in [-0.1, -0.05) is 69.6 Å². The maximum absolute atomic E-state index is 11.9. The topological polar surface area (TPSA) is 29.1 Å². The molecule has 0 unspecified atom stereocenters. The van der Waals surface area contributed by atoms with Crippen LogP contribution in [0.4, 0.5) is 0 Å². The maximum Gasteiger partial charge on any atom is 0.224 e. The first-order chi connectivity index (χ1) is 10.8. The normalized spacial score (nSPS) is 9.91. The molecule has 0 aliphatic carbocycles. The number of benzene rings is 1. The summed E-state index contributed by atoms with van der Waals surface area (Å²) in [7, 11) is 0. The number of hydrogen-bond donors (Lipinski definition) is 1. The number of rotatable bonds is 9. The molecule has 0 saturated carbocycles. The molecular weight excluding hydrogens is 270 g/mol. The molecule has 0 heterocycles. The lowest BCUT2D eigenvalue weighted by Crippen LogP contribution is -2.26. The molecule has 0 atom stereocenters. The molecule has 120 valence electrons. The van der Waals surface area contributed by atoms with Crippen LogP contribution in [0.2, 0.25) is 0 Å². The van der Waals surface area contributed by atoms with E-state index in [-0.39, 0.29) is 5.91 Å². The minimum Gasteiger partial charge on any atom is -0.356 e. The Hall–Kier alpha value is -1.75. The minimum atomic E-state index is 0.0886. The molecule has 1 amide bonds. The van der Waals surface area contributed by atoms with E-state index in [1.807, 2.05) is 24.3 Å². The second-order valence-corrected chi connectivity index (χ2v) is 5.65. The van der Waals surface area contributed by atoms with Crippen molar-refractivity contribution in [3.05, 3.63) is 35.4 Å². The van der Waals surface area contributed by atoms with Gasteiger partial charge in [-0.2, -0.15) is 0 Å². The van der Waals surface area contributed by atoms with Crippen LogP contribution in [0.25, 0.3) is 0 Å². The highest BCUT2D eigenvalue weighted by atomic mass is 16.1. The van der Waals surface area contributed by atoms with E-state index >= 15 is 0 Å². The Kier molecular flexibility index (Phi) is 9.87. The van der Waals surface area contributed by atoms with Crippen molar-refractivity contribution in [2.75, 3.05) is 6.54 Å². The lowest BCUT2D eigenvalue weighted by atomic mass is 10.0. The van der Waals surface area contributed by atoms with Gasteiger partial charge in [0, 0.05) is 18.5 Å². The minimum absolute atomic E-state index is 0.0886. The van der Waals surface area contributed by atoms with Gasteiger partial charge in [0.15, 0.2) is 0 Å². The molecule has 0 saturated heterocycles. The Balaban J connectivity index is 2.51. The molecule has 0 bridgehead atoms. The molecule has 0 radical (unpaired) electrons. The monoisotopic (exact) mass is 299 g/mol. The highest BCUT2D eigenvalue weighted by molar-refractivity contribution is 5.79. The van der Waals surface area contributed by atoms with Gasteiger partial charge in [-0.25, -0.2) is 0 Å². The second-order valence-electron chi connectivity index (χ2n) is 5.65. The molecule has 0 spiro atoms. The van der Waals surface area contributed by atoms with Crippen LogP contribution in [0.5, 0.6) is 0 Å². The van der Waals surface area contributed by atoms with Crippen molar-refractivity contribution < 1.29 is 4.79 Å². The summed E-state index contributed by atoms with van der Waals surface area (Å²) < 4.78 is 0. The molecule has 1 N–H and O–H groups in total. The number of nitrogens with one attached hydrogen (secondary N) is 1. The molecule has 1 aromatic carbocycles. The molecule has 2 nitrogen and oxygen atoms in total. The van der Waals surface area contributed by atoms with Crippen LogP contribution in [0.3, 0.4) is 0 Å². The largest absolute Gasteiger partial charge is 0.356 e. The SMILES string of the molecule is CCCCCCC#Cc1ccccc1CC(=O)NCCCC. The van der Waals surface area contributed by atoms with E-state index in [0.29, 0.717) is 6.42 Å². The van der Waals surface area contributed by atoms with Gasteiger partial charge in [-0.05, 0) is 24.5 Å². The summed E-state index contributed by atoms with van der Waals surface area (Å²) in [6, 6.07) is 7.97. The summed E-state index contributed by atoms with van der Waals surface area (Å²) in [6.07, 6.45) is 8.46. The van der Waals surface area contributed by atoms with Gasteiger partial charge in [0.05, 0.1) is 6.42 Å². The maximum atomic E-state index is 11.9. The predicted molar refractivity (Wildman–Crippen MR) is 93.7 cm³/mol. The fraction of sp³-hybridized carbons (Fsp3) is 0.550. The smallest absolute Gasteiger partial charge is 0.224 e. The van der Waals surface area contributed by atoms with Gasteiger partial charge in [-0.15, -0.1) is 0 Å². The third-order valence-electron chi connectivity index (χ3n) is 3.60. The van der Waals surface area contributed by atoms with Crippen molar-refractivity contribution in [1.29, 1.82) is 0 Å². The Morgan fingerprint density at radius 1 is 1.05 bits per heavy atom. The van der Waals surface area contributed by atoms with Crippen molar-refractivity contribution in [2.45, 2.75) is 65.2 Å². The predicted octanol–water partition coefficient (Wildman–Crippen LogP) is 4.47. The van der Waals surface area contributed by atoms with Crippen LogP contribution in [0.1, 0.15) is 69.9 Å². The lowest BCUT2D eigenvalue weighted by molar-refractivity contribution is -0.120. The van der Waals surface area contributed by atoms with E-state index < -0.39 is 0 Å². The molecule has 0 aliphatic rings. The summed E-state index contributed by atoms with van der Waals surface area (Å²) in [5.74, 6) is 6.57. The Morgan fingerprint density at radius 3 is 2.59 bits per heavy atom. The number of amides is 1. The van der Waals surface area contributed by atoms with Crippen LogP contribution >= 0.6 is 0 Å². The Bertz CT molecular complexity index is 496. The number of unbranched alkanes of at least 4 members (excludes halogenated alkanes) is 5. The molecule has 0 aromatic heterocycles. The van der Waals surface area contributed by atoms with E-state index in [1.165, 1.54) is 25.7 Å². The number of carbonyl (C=O) groups excluding carboxylic acids is 1. The molecule has 22 heavy (non-hydrogen) atoms. The molecule has 1 rings (SSSR count). The number of carbonyl (C=O) groups is 1. The van der Waals surface area contributed by atoms with Crippen molar-refractivity contribution >= 4 is 5.91 Å². The van der Waals surface area contributed by atoms with Crippen LogP contribution in [0, 0.1) is 11.8 Å². The summed E-state index contributed by atoms with van der Waals surface area (Å²) in [5, 5.41) is 2.96. The van der Waals surface area contributed by atoms with Crippen molar-refractivity contribution in [2.24, 2.45) is 0 Å². The first kappa shape index (κ1) is 18.3. The highest BCUT2D eigenvalue weighted by Crippen LogP contribution is 2.09. The standard InChI is InChI=1S/C20H29NO/c1-3-5-7-8-9-10-13-18-14-11-12-15-19(18)17-20(22)21-16-6-4-2/h11-12,14-15H,3-9,16-17H2,1-2H3,(H,21,22). The van der Waals surface area contributed by atoms with Gasteiger partial charge in [-0.3, -0.25) is 4.79 Å². The first-order valence-electron chi connectivity index (χ1n) is 8.61. The Labute approximate surface area is 135 Å². The highest BCUT2D eigenvalue weighted by Gasteiger charge is 2.05. The quantitative estimate of drug-likeness (QED) is 0.529. The number of hydrogen-bond acceptors (Lipinski definition) is 1. The van der Waals surface area contributed by atoms with E-state index in [0.717, 1.165) is 36.9 Å².